The molecule has 2 aromatic rings. The molecule has 4 amide bonds. The third kappa shape index (κ3) is 4.21. The van der Waals surface area contributed by atoms with Crippen LogP contribution in [0.5, 0.6) is 0 Å². The minimum absolute atomic E-state index is 0.279. The molecule has 3 aliphatic rings. The molecule has 1 unspecified atom stereocenters. The maximum atomic E-state index is 13.3. The third-order valence-electron chi connectivity index (χ3n) is 7.10. The van der Waals surface area contributed by atoms with Crippen LogP contribution in [0.1, 0.15) is 12.5 Å². The van der Waals surface area contributed by atoms with Crippen LogP contribution in [-0.2, 0) is 16.1 Å². The van der Waals surface area contributed by atoms with Crippen LogP contribution in [0.2, 0.25) is 0 Å². The maximum absolute atomic E-state index is 13.3. The number of piperazine rings is 1. The second-order valence-corrected chi connectivity index (χ2v) is 9.26. The SMILES string of the molecule is CCOC(=O)N1CCN(CC2=[N+](Cc3cccc4ccccc34)C3C(=O)N(C)C(=O)N(C)C3=N2)CC1. The molecular formula is C26H31N6O4+. The molecule has 10 heteroatoms. The molecule has 2 saturated heterocycles. The molecule has 36 heavy (non-hydrogen) atoms. The lowest BCUT2D eigenvalue weighted by Crippen LogP contribution is -2.61. The zero-order chi connectivity index (χ0) is 25.4. The summed E-state index contributed by atoms with van der Waals surface area (Å²) in [6, 6.07) is 13.3. The number of aliphatic imine (C=N–C) groups is 1. The lowest BCUT2D eigenvalue weighted by atomic mass is 10.0. The molecule has 0 spiro atoms. The fourth-order valence-electron chi connectivity index (χ4n) is 5.07. The number of carbonyl (C=O) groups is 3. The summed E-state index contributed by atoms with van der Waals surface area (Å²) in [5.41, 5.74) is 1.09. The van der Waals surface area contributed by atoms with Crippen molar-refractivity contribution in [2.24, 2.45) is 4.99 Å². The molecule has 3 aliphatic heterocycles. The quantitative estimate of drug-likeness (QED) is 0.596. The Morgan fingerprint density at radius 3 is 2.50 bits per heavy atom. The highest BCUT2D eigenvalue weighted by Gasteiger charge is 2.53. The monoisotopic (exact) mass is 491 g/mol. The largest absolute Gasteiger partial charge is 0.450 e. The number of likely N-dealkylation sites (N-methyl/N-ethyl adjacent to an activating group) is 2. The number of hydrogen-bond donors (Lipinski definition) is 0. The van der Waals surface area contributed by atoms with E-state index in [2.05, 4.69) is 29.2 Å². The third-order valence-corrected chi connectivity index (χ3v) is 7.10. The molecule has 2 aromatic carbocycles. The standard InChI is InChI=1S/C26H31N6O4/c1-4-36-26(35)31-14-12-30(13-15-31)17-21-27-23-22(24(33)29(3)25(34)28(23)2)32(21)16-19-10-7-9-18-8-5-6-11-20(18)19/h5-11,22H,4,12-17H2,1-3H3/q+1. The van der Waals surface area contributed by atoms with Crippen molar-refractivity contribution in [3.05, 3.63) is 48.0 Å². The number of imide groups is 1. The van der Waals surface area contributed by atoms with Crippen molar-refractivity contribution in [2.75, 3.05) is 53.4 Å². The molecular weight excluding hydrogens is 460 g/mol. The van der Waals surface area contributed by atoms with E-state index >= 15 is 0 Å². The van der Waals surface area contributed by atoms with E-state index in [9.17, 15) is 14.4 Å². The summed E-state index contributed by atoms with van der Waals surface area (Å²) in [5, 5.41) is 2.25. The fourth-order valence-corrected chi connectivity index (χ4v) is 5.07. The maximum Gasteiger partial charge on any atom is 0.409 e. The summed E-state index contributed by atoms with van der Waals surface area (Å²) in [6.45, 7) is 5.62. The van der Waals surface area contributed by atoms with Gasteiger partial charge in [-0.2, -0.15) is 0 Å². The number of fused-ring (bicyclic) bond motifs is 2. The minimum Gasteiger partial charge on any atom is -0.450 e. The Balaban J connectivity index is 1.46. The van der Waals surface area contributed by atoms with Crippen molar-refractivity contribution in [1.82, 2.24) is 19.6 Å². The van der Waals surface area contributed by atoms with Crippen LogP contribution in [0, 0.1) is 0 Å². The van der Waals surface area contributed by atoms with Gasteiger partial charge in [-0.25, -0.2) is 14.2 Å². The number of carbonyl (C=O) groups excluding carboxylic acids is 3. The van der Waals surface area contributed by atoms with E-state index in [1.807, 2.05) is 22.8 Å². The number of hydrogen-bond acceptors (Lipinski definition) is 6. The Morgan fingerprint density at radius 2 is 1.75 bits per heavy atom. The Kier molecular flexibility index (Phi) is 6.44. The molecule has 0 radical (unpaired) electrons. The minimum atomic E-state index is -0.660. The zero-order valence-corrected chi connectivity index (χ0v) is 20.9. The van der Waals surface area contributed by atoms with Gasteiger partial charge in [0.05, 0.1) is 6.61 Å². The van der Waals surface area contributed by atoms with Gasteiger partial charge in [-0.05, 0) is 22.7 Å². The first-order valence-corrected chi connectivity index (χ1v) is 12.3. The van der Waals surface area contributed by atoms with Gasteiger partial charge in [-0.15, -0.1) is 0 Å². The van der Waals surface area contributed by atoms with Crippen molar-refractivity contribution in [3.8, 4) is 0 Å². The van der Waals surface area contributed by atoms with Gasteiger partial charge in [-0.1, -0.05) is 42.5 Å². The van der Waals surface area contributed by atoms with Crippen LogP contribution in [0.15, 0.2) is 47.5 Å². The second-order valence-electron chi connectivity index (χ2n) is 9.26. The summed E-state index contributed by atoms with van der Waals surface area (Å²) in [7, 11) is 3.18. The van der Waals surface area contributed by atoms with E-state index in [0.29, 0.717) is 51.7 Å². The van der Waals surface area contributed by atoms with Crippen LogP contribution >= 0.6 is 0 Å². The van der Waals surface area contributed by atoms with Crippen molar-refractivity contribution in [1.29, 1.82) is 0 Å². The Labute approximate surface area is 210 Å². The molecule has 0 aromatic heterocycles. The first-order valence-electron chi connectivity index (χ1n) is 12.3. The van der Waals surface area contributed by atoms with Gasteiger partial charge in [-0.3, -0.25) is 19.5 Å². The van der Waals surface area contributed by atoms with Crippen LogP contribution in [-0.4, -0.2) is 113 Å². The summed E-state index contributed by atoms with van der Waals surface area (Å²) >= 11 is 0. The van der Waals surface area contributed by atoms with Crippen molar-refractivity contribution >= 4 is 40.5 Å². The number of amidine groups is 2. The summed E-state index contributed by atoms with van der Waals surface area (Å²) in [5.74, 6) is 0.929. The molecule has 0 saturated carbocycles. The zero-order valence-electron chi connectivity index (χ0n) is 20.9. The predicted octanol–water partition coefficient (Wildman–Crippen LogP) is 1.83. The lowest BCUT2D eigenvalue weighted by molar-refractivity contribution is -0.551. The van der Waals surface area contributed by atoms with E-state index in [4.69, 9.17) is 9.73 Å². The van der Waals surface area contributed by atoms with Crippen molar-refractivity contribution in [2.45, 2.75) is 19.5 Å². The Bertz CT molecular complexity index is 1270. The summed E-state index contributed by atoms with van der Waals surface area (Å²) in [6.07, 6.45) is -0.289. The first-order chi connectivity index (χ1) is 17.4. The Morgan fingerprint density at radius 1 is 1.03 bits per heavy atom. The molecule has 10 nitrogen and oxygen atoms in total. The van der Waals surface area contributed by atoms with Crippen LogP contribution in [0.25, 0.3) is 10.8 Å². The highest BCUT2D eigenvalue weighted by atomic mass is 16.6. The van der Waals surface area contributed by atoms with Crippen LogP contribution in [0.4, 0.5) is 9.59 Å². The van der Waals surface area contributed by atoms with Gasteiger partial charge >= 0.3 is 18.0 Å². The van der Waals surface area contributed by atoms with Crippen molar-refractivity contribution < 1.29 is 23.7 Å². The average Bonchev–Trinajstić information content (AvgIpc) is 3.24. The van der Waals surface area contributed by atoms with Crippen molar-refractivity contribution in [3.63, 3.8) is 0 Å². The van der Waals surface area contributed by atoms with E-state index in [1.54, 1.807) is 18.9 Å². The lowest BCUT2D eigenvalue weighted by Gasteiger charge is -2.33. The number of rotatable bonds is 5. The average molecular weight is 492 g/mol. The van der Waals surface area contributed by atoms with E-state index in [1.165, 1.54) is 16.8 Å². The topological polar surface area (TPSA) is 88.8 Å². The Hall–Kier alpha value is -3.79. The van der Waals surface area contributed by atoms with Gasteiger partial charge < -0.3 is 9.64 Å². The molecule has 0 N–H and O–H groups in total. The van der Waals surface area contributed by atoms with Crippen LogP contribution < -0.4 is 0 Å². The fraction of sp³-hybridized carbons (Fsp3) is 0.423. The normalized spacial score (nSPS) is 20.8. The number of urea groups is 1. The molecule has 0 bridgehead atoms. The molecule has 2 fully saturated rings. The van der Waals surface area contributed by atoms with Gasteiger partial charge in [0.15, 0.2) is 0 Å². The number of benzene rings is 2. The predicted molar refractivity (Wildman–Crippen MR) is 135 cm³/mol. The van der Waals surface area contributed by atoms with Gasteiger partial charge in [0, 0.05) is 45.8 Å². The highest BCUT2D eigenvalue weighted by molar-refractivity contribution is 6.23. The molecule has 5 rings (SSSR count). The van der Waals surface area contributed by atoms with E-state index in [-0.39, 0.29) is 18.0 Å². The molecule has 1 atom stereocenters. The van der Waals surface area contributed by atoms with Gasteiger partial charge in [0.1, 0.15) is 13.1 Å². The van der Waals surface area contributed by atoms with Crippen LogP contribution in [0.3, 0.4) is 0 Å². The van der Waals surface area contributed by atoms with Gasteiger partial charge in [0.2, 0.25) is 0 Å². The molecule has 3 heterocycles. The van der Waals surface area contributed by atoms with E-state index < -0.39 is 6.04 Å². The second kappa shape index (κ2) is 9.69. The molecule has 188 valence electrons. The number of amides is 4. The number of nitrogens with zero attached hydrogens (tertiary/aromatic N) is 6. The van der Waals surface area contributed by atoms with E-state index in [0.717, 1.165) is 22.2 Å². The first kappa shape index (κ1) is 23.9. The molecule has 0 aliphatic carbocycles. The highest BCUT2D eigenvalue weighted by Crippen LogP contribution is 2.24. The number of ether oxygens (including phenoxy) is 1. The smallest absolute Gasteiger partial charge is 0.409 e. The van der Waals surface area contributed by atoms with Gasteiger partial charge in [0.25, 0.3) is 17.8 Å². The summed E-state index contributed by atoms with van der Waals surface area (Å²) in [4.78, 5) is 49.4. The summed E-state index contributed by atoms with van der Waals surface area (Å²) < 4.78 is 7.15.